The molecule has 0 unspecified atom stereocenters. The van der Waals surface area contributed by atoms with Crippen molar-refractivity contribution in [3.8, 4) is 4.97 Å². The number of nitriles is 1. The van der Waals surface area contributed by atoms with Crippen molar-refractivity contribution in [2.75, 3.05) is 0 Å². The molecule has 0 aliphatic heterocycles. The van der Waals surface area contributed by atoms with Crippen molar-refractivity contribution < 1.29 is 4.42 Å². The Morgan fingerprint density at radius 2 is 2.27 bits per heavy atom. The molecule has 1 aromatic heterocycles. The summed E-state index contributed by atoms with van der Waals surface area (Å²) in [5.41, 5.74) is 0.321. The summed E-state index contributed by atoms with van der Waals surface area (Å²) in [5.74, 6) is 0. The van der Waals surface area contributed by atoms with Crippen molar-refractivity contribution in [2.24, 2.45) is 0 Å². The van der Waals surface area contributed by atoms with Gasteiger partial charge < -0.3 is 0 Å². The van der Waals surface area contributed by atoms with E-state index < -0.39 is 15.0 Å². The van der Waals surface area contributed by atoms with Gasteiger partial charge in [0.15, 0.2) is 0 Å². The van der Waals surface area contributed by atoms with Crippen molar-refractivity contribution in [2.45, 2.75) is 0 Å². The molecule has 5 heteroatoms. The molecule has 74 valence electrons. The Hall–Kier alpha value is -1.27. The predicted octanol–water partition coefficient (Wildman–Crippen LogP) is 1.26. The summed E-state index contributed by atoms with van der Waals surface area (Å²) >= 11 is 5.28. The van der Waals surface area contributed by atoms with Gasteiger partial charge in [-0.15, -0.1) is 0 Å². The maximum absolute atomic E-state index is 11.8. The summed E-state index contributed by atoms with van der Waals surface area (Å²) in [6.45, 7) is 0. The number of benzene rings is 1. The molecule has 0 fully saturated rings. The first-order valence-corrected chi connectivity index (χ1v) is 6.08. The molecule has 0 aliphatic carbocycles. The summed E-state index contributed by atoms with van der Waals surface area (Å²) in [4.78, 5) is 13.8. The van der Waals surface area contributed by atoms with E-state index in [-0.39, 0.29) is 5.43 Å². The monoisotopic (exact) mass is 285 g/mol. The molecule has 1 heterocycles. The van der Waals surface area contributed by atoms with Gasteiger partial charge in [0.2, 0.25) is 0 Å². The quantitative estimate of drug-likeness (QED) is 0.741. The molecular formula is C10H4ClNO2Se. The average molecular weight is 285 g/mol. The molecule has 3 nitrogen and oxygen atoms in total. The molecule has 0 aliphatic rings. The molecule has 0 radical (unpaired) electrons. The molecule has 0 saturated heterocycles. The van der Waals surface area contributed by atoms with Crippen molar-refractivity contribution in [1.29, 1.82) is 5.26 Å². The first-order chi connectivity index (χ1) is 7.22. The first-order valence-electron chi connectivity index (χ1n) is 3.99. The van der Waals surface area contributed by atoms with E-state index in [2.05, 4.69) is 0 Å². The third kappa shape index (κ3) is 1.91. The fourth-order valence-electron chi connectivity index (χ4n) is 1.21. The molecule has 0 atom stereocenters. The van der Waals surface area contributed by atoms with Gasteiger partial charge in [0.25, 0.3) is 0 Å². The van der Waals surface area contributed by atoms with E-state index in [1.54, 1.807) is 18.2 Å². The molecule has 0 saturated carbocycles. The van der Waals surface area contributed by atoms with Crippen molar-refractivity contribution in [3.05, 3.63) is 39.7 Å². The van der Waals surface area contributed by atoms with Crippen LogP contribution in [0.4, 0.5) is 0 Å². The van der Waals surface area contributed by atoms with Crippen molar-refractivity contribution in [1.82, 2.24) is 0 Å². The van der Waals surface area contributed by atoms with Gasteiger partial charge in [-0.05, 0) is 0 Å². The van der Waals surface area contributed by atoms with Gasteiger partial charge in [-0.25, -0.2) is 0 Å². The summed E-state index contributed by atoms with van der Waals surface area (Å²) in [7, 11) is 0. The predicted molar refractivity (Wildman–Crippen MR) is 58.5 cm³/mol. The van der Waals surface area contributed by atoms with Crippen LogP contribution in [-0.2, 0) is 0 Å². The molecule has 0 N–H and O–H groups in total. The fourth-order valence-corrected chi connectivity index (χ4v) is 2.21. The van der Waals surface area contributed by atoms with Crippen LogP contribution >= 0.6 is 11.6 Å². The van der Waals surface area contributed by atoms with Gasteiger partial charge >= 0.3 is 96.3 Å². The van der Waals surface area contributed by atoms with Gasteiger partial charge in [0.05, 0.1) is 0 Å². The Bertz CT molecular complexity index is 615. The van der Waals surface area contributed by atoms with Crippen LogP contribution < -0.4 is 9.89 Å². The summed E-state index contributed by atoms with van der Waals surface area (Å²) < 4.78 is 5.65. The van der Waals surface area contributed by atoms with Gasteiger partial charge in [-0.3, -0.25) is 0 Å². The van der Waals surface area contributed by atoms with Gasteiger partial charge in [-0.2, -0.15) is 0 Å². The Kier molecular flexibility index (Phi) is 2.79. The summed E-state index contributed by atoms with van der Waals surface area (Å²) in [6, 6.07) is 4.85. The molecule has 15 heavy (non-hydrogen) atoms. The maximum atomic E-state index is 11.8. The average Bonchev–Trinajstić information content (AvgIpc) is 2.23. The molecule has 2 rings (SSSR count). The third-order valence-corrected chi connectivity index (χ3v) is 3.34. The number of hydrogen-bond acceptors (Lipinski definition) is 3. The zero-order chi connectivity index (χ0) is 10.8. The number of fused-ring (bicyclic) bond motifs is 1. The Morgan fingerprint density at radius 1 is 1.47 bits per heavy atom. The van der Waals surface area contributed by atoms with E-state index >= 15 is 0 Å². The van der Waals surface area contributed by atoms with E-state index in [9.17, 15) is 4.79 Å². The summed E-state index contributed by atoms with van der Waals surface area (Å²) in [5, 5.41) is 9.45. The normalized spacial score (nSPS) is 10.1. The van der Waals surface area contributed by atoms with Crippen molar-refractivity contribution in [3.63, 3.8) is 0 Å². The molecule has 0 amide bonds. The van der Waals surface area contributed by atoms with E-state index in [1.807, 2.05) is 4.97 Å². The molecule has 1 aromatic carbocycles. The SMILES string of the molecule is N#C[Se]c1coc2ccc(Cl)cc2c1=O. The second kappa shape index (κ2) is 4.08. The van der Waals surface area contributed by atoms with E-state index in [4.69, 9.17) is 21.3 Å². The van der Waals surface area contributed by atoms with Gasteiger partial charge in [0.1, 0.15) is 0 Å². The fraction of sp³-hybridized carbons (Fsp3) is 0. The van der Waals surface area contributed by atoms with Gasteiger partial charge in [0, 0.05) is 0 Å². The second-order valence-electron chi connectivity index (χ2n) is 2.76. The van der Waals surface area contributed by atoms with Crippen LogP contribution in [0.1, 0.15) is 0 Å². The van der Waals surface area contributed by atoms with Crippen LogP contribution in [0.15, 0.2) is 33.7 Å². The number of hydrogen-bond donors (Lipinski definition) is 0. The first kappa shape index (κ1) is 10.3. The van der Waals surface area contributed by atoms with Crippen LogP contribution in [0.25, 0.3) is 11.0 Å². The molecule has 0 spiro atoms. The minimum atomic E-state index is -0.503. The van der Waals surface area contributed by atoms with Crippen LogP contribution in [-0.4, -0.2) is 15.0 Å². The standard InChI is InChI=1S/C10H4ClNO2Se/c11-6-1-2-8-7(3-6)10(13)9(4-14-8)15-5-12/h1-4H. The third-order valence-electron chi connectivity index (χ3n) is 1.86. The number of halogens is 1. The number of nitrogens with zero attached hydrogens (tertiary/aromatic N) is 1. The number of rotatable bonds is 1. The molecular weight excluding hydrogens is 281 g/mol. The summed E-state index contributed by atoms with van der Waals surface area (Å²) in [6.07, 6.45) is 1.35. The minimum absolute atomic E-state index is 0.166. The Morgan fingerprint density at radius 3 is 3.00 bits per heavy atom. The van der Waals surface area contributed by atoms with Gasteiger partial charge in [-0.1, -0.05) is 0 Å². The van der Waals surface area contributed by atoms with E-state index in [1.165, 1.54) is 6.26 Å². The topological polar surface area (TPSA) is 54.0 Å². The van der Waals surface area contributed by atoms with E-state index in [0.29, 0.717) is 20.5 Å². The zero-order valence-corrected chi connectivity index (χ0v) is 9.83. The Labute approximate surface area is 96.4 Å². The van der Waals surface area contributed by atoms with E-state index in [0.717, 1.165) is 0 Å². The van der Waals surface area contributed by atoms with Crippen molar-refractivity contribution >= 4 is 42.0 Å². The van der Waals surface area contributed by atoms with Crippen LogP contribution in [0, 0.1) is 10.2 Å². The van der Waals surface area contributed by atoms with Crippen LogP contribution in [0.5, 0.6) is 0 Å². The molecule has 2 aromatic rings. The van der Waals surface area contributed by atoms with Crippen LogP contribution in [0.3, 0.4) is 0 Å². The molecule has 0 bridgehead atoms. The van der Waals surface area contributed by atoms with Crippen LogP contribution in [0.2, 0.25) is 5.02 Å². The zero-order valence-electron chi connectivity index (χ0n) is 7.36. The second-order valence-corrected chi connectivity index (χ2v) is 4.93. The Balaban J connectivity index is 2.78.